The second-order valence-electron chi connectivity index (χ2n) is 7.16. The number of amides is 1. The second-order valence-corrected chi connectivity index (χ2v) is 9.69. The Bertz CT molecular complexity index is 1380. The number of sulfonamides is 1. The lowest BCUT2D eigenvalue weighted by molar-refractivity contribution is -0.143. The van der Waals surface area contributed by atoms with Crippen LogP contribution < -0.4 is 4.72 Å². The molecule has 188 valence electrons. The Balaban J connectivity index is 2.02. The zero-order chi connectivity index (χ0) is 26.5. The molecule has 3 rings (SSSR count). The molecule has 1 N–H and O–H groups in total. The highest BCUT2D eigenvalue weighted by molar-refractivity contribution is 7.90. The monoisotopic (exact) mass is 560 g/mol. The van der Waals surface area contributed by atoms with E-state index in [0.717, 1.165) is 4.68 Å². The van der Waals surface area contributed by atoms with E-state index in [9.17, 15) is 39.6 Å². The molecule has 3 aromatic rings. The fraction of sp³-hybridized carbons (Fsp3) is 0.211. The van der Waals surface area contributed by atoms with Crippen molar-refractivity contribution in [1.82, 2.24) is 19.7 Å². The van der Waals surface area contributed by atoms with Crippen LogP contribution in [0.15, 0.2) is 35.2 Å². The third-order valence-electron chi connectivity index (χ3n) is 4.64. The smallest absolute Gasteiger partial charge is 0.266 e. The van der Waals surface area contributed by atoms with Crippen LogP contribution in [-0.4, -0.2) is 29.3 Å². The van der Waals surface area contributed by atoms with Crippen LogP contribution in [0.3, 0.4) is 0 Å². The van der Waals surface area contributed by atoms with Crippen molar-refractivity contribution in [1.29, 1.82) is 0 Å². The lowest BCUT2D eigenvalue weighted by Crippen LogP contribution is -2.32. The van der Waals surface area contributed by atoms with Gasteiger partial charge in [0.25, 0.3) is 15.9 Å². The maximum Gasteiger partial charge on any atom is 0.416 e. The summed E-state index contributed by atoms with van der Waals surface area (Å²) in [5.74, 6) is -1.44. The van der Waals surface area contributed by atoms with Crippen molar-refractivity contribution < 1.29 is 39.6 Å². The summed E-state index contributed by atoms with van der Waals surface area (Å²) in [5.41, 5.74) is -3.55. The van der Waals surface area contributed by atoms with Gasteiger partial charge in [-0.3, -0.25) is 4.79 Å². The van der Waals surface area contributed by atoms with Crippen LogP contribution in [0.1, 0.15) is 32.9 Å². The molecule has 0 fully saturated rings. The van der Waals surface area contributed by atoms with Crippen LogP contribution in [0.4, 0.5) is 26.3 Å². The predicted octanol–water partition coefficient (Wildman–Crippen LogP) is 5.35. The van der Waals surface area contributed by atoms with Gasteiger partial charge in [-0.1, -0.05) is 28.4 Å². The van der Waals surface area contributed by atoms with E-state index >= 15 is 0 Å². The number of halogens is 8. The summed E-state index contributed by atoms with van der Waals surface area (Å²) in [4.78, 5) is 11.2. The molecule has 35 heavy (non-hydrogen) atoms. The Hall–Kier alpha value is -2.84. The quantitative estimate of drug-likeness (QED) is 0.434. The molecule has 7 nitrogen and oxygen atoms in total. The Morgan fingerprint density at radius 1 is 0.943 bits per heavy atom. The summed E-state index contributed by atoms with van der Waals surface area (Å²) in [6.07, 6.45) is -10.6. The van der Waals surface area contributed by atoms with Gasteiger partial charge in [0.15, 0.2) is 5.69 Å². The SMILES string of the molecule is Cc1cc(Cl)cc(Cl)c1-n1nnc(C(=O)NS(=O)(=O)c2cc(C(F)(F)F)cc(C(F)(F)F)c2)c1C. The van der Waals surface area contributed by atoms with Crippen molar-refractivity contribution in [2.24, 2.45) is 0 Å². The number of carbonyl (C=O) groups excluding carboxylic acids is 1. The predicted molar refractivity (Wildman–Crippen MR) is 112 cm³/mol. The van der Waals surface area contributed by atoms with Crippen molar-refractivity contribution in [3.63, 3.8) is 0 Å². The van der Waals surface area contributed by atoms with Gasteiger partial charge in [-0.05, 0) is 49.7 Å². The highest BCUT2D eigenvalue weighted by Gasteiger charge is 2.38. The summed E-state index contributed by atoms with van der Waals surface area (Å²) in [7, 11) is -5.19. The van der Waals surface area contributed by atoms with Crippen LogP contribution in [0.5, 0.6) is 0 Å². The molecule has 0 saturated heterocycles. The van der Waals surface area contributed by atoms with E-state index in [1.807, 2.05) is 0 Å². The number of aryl methyl sites for hydroxylation is 1. The number of benzene rings is 2. The highest BCUT2D eigenvalue weighted by atomic mass is 35.5. The molecule has 0 bridgehead atoms. The molecule has 2 aromatic carbocycles. The molecule has 0 aliphatic heterocycles. The van der Waals surface area contributed by atoms with Crippen LogP contribution in [0.2, 0.25) is 10.0 Å². The van der Waals surface area contributed by atoms with Crippen LogP contribution in [0.25, 0.3) is 5.69 Å². The fourth-order valence-electron chi connectivity index (χ4n) is 3.03. The average Bonchev–Trinajstić information content (AvgIpc) is 3.06. The van der Waals surface area contributed by atoms with E-state index < -0.39 is 50.0 Å². The summed E-state index contributed by atoms with van der Waals surface area (Å²) in [5, 5.41) is 7.73. The number of carbonyl (C=O) groups is 1. The third-order valence-corrected chi connectivity index (χ3v) is 6.46. The van der Waals surface area contributed by atoms with Gasteiger partial charge < -0.3 is 0 Å². The summed E-state index contributed by atoms with van der Waals surface area (Å²) >= 11 is 12.1. The van der Waals surface area contributed by atoms with E-state index in [1.165, 1.54) is 23.8 Å². The molecule has 1 aromatic heterocycles. The lowest BCUT2D eigenvalue weighted by Gasteiger charge is -2.14. The van der Waals surface area contributed by atoms with E-state index in [1.54, 1.807) is 6.92 Å². The van der Waals surface area contributed by atoms with E-state index in [4.69, 9.17) is 23.2 Å². The summed E-state index contributed by atoms with van der Waals surface area (Å²) < 4.78 is 106. The molecule has 0 aliphatic rings. The topological polar surface area (TPSA) is 93.9 Å². The Morgan fingerprint density at radius 2 is 1.49 bits per heavy atom. The van der Waals surface area contributed by atoms with E-state index in [2.05, 4.69) is 10.3 Å². The molecular weight excluding hydrogens is 549 g/mol. The number of hydrogen-bond donors (Lipinski definition) is 1. The van der Waals surface area contributed by atoms with Crippen LogP contribution >= 0.6 is 23.2 Å². The molecular formula is C19H12Cl2F6N4O3S. The molecule has 1 amide bonds. The third kappa shape index (κ3) is 5.54. The zero-order valence-electron chi connectivity index (χ0n) is 17.4. The molecule has 0 saturated carbocycles. The fourth-order valence-corrected chi connectivity index (χ4v) is 4.72. The number of nitrogens with one attached hydrogen (secondary N) is 1. The van der Waals surface area contributed by atoms with Crippen LogP contribution in [0, 0.1) is 13.8 Å². The van der Waals surface area contributed by atoms with Crippen molar-refractivity contribution in [2.75, 3.05) is 0 Å². The van der Waals surface area contributed by atoms with Crippen LogP contribution in [-0.2, 0) is 22.4 Å². The summed E-state index contributed by atoms with van der Waals surface area (Å²) in [6.45, 7) is 2.93. The van der Waals surface area contributed by atoms with Gasteiger partial charge in [0.1, 0.15) is 0 Å². The minimum atomic E-state index is -5.29. The molecule has 0 aliphatic carbocycles. The van der Waals surface area contributed by atoms with E-state index in [0.29, 0.717) is 10.6 Å². The van der Waals surface area contributed by atoms with E-state index in [-0.39, 0.29) is 34.6 Å². The van der Waals surface area contributed by atoms with Gasteiger partial charge in [-0.15, -0.1) is 5.10 Å². The Kier molecular flexibility index (Phi) is 6.87. The second kappa shape index (κ2) is 8.99. The van der Waals surface area contributed by atoms with Gasteiger partial charge >= 0.3 is 12.4 Å². The molecule has 0 radical (unpaired) electrons. The Morgan fingerprint density at radius 3 is 1.97 bits per heavy atom. The standard InChI is InChI=1S/C19H12Cl2F6N4O3S/c1-8-3-12(20)7-14(21)16(8)31-9(2)15(28-30-31)17(32)29-35(33,34)13-5-10(18(22,23)24)4-11(6-13)19(25,26)27/h3-7H,1-2H3,(H,29,32). The maximum atomic E-state index is 13.1. The first-order chi connectivity index (χ1) is 15.9. The average molecular weight is 561 g/mol. The first kappa shape index (κ1) is 26.8. The number of hydrogen-bond acceptors (Lipinski definition) is 5. The molecule has 0 spiro atoms. The number of nitrogens with zero attached hydrogens (tertiary/aromatic N) is 3. The van der Waals surface area contributed by atoms with Gasteiger partial charge in [0, 0.05) is 5.02 Å². The van der Waals surface area contributed by atoms with Gasteiger partial charge in [-0.25, -0.2) is 17.8 Å². The van der Waals surface area contributed by atoms with Crippen molar-refractivity contribution in [3.8, 4) is 5.69 Å². The highest BCUT2D eigenvalue weighted by Crippen LogP contribution is 2.37. The Labute approximate surface area is 203 Å². The zero-order valence-corrected chi connectivity index (χ0v) is 19.7. The molecule has 0 atom stereocenters. The molecule has 16 heteroatoms. The van der Waals surface area contributed by atoms with Gasteiger partial charge in [0.05, 0.1) is 32.4 Å². The van der Waals surface area contributed by atoms with Gasteiger partial charge in [-0.2, -0.15) is 26.3 Å². The first-order valence-corrected chi connectivity index (χ1v) is 11.4. The maximum absolute atomic E-state index is 13.1. The normalized spacial score (nSPS) is 12.6. The minimum absolute atomic E-state index is 0.0224. The number of alkyl halides is 6. The minimum Gasteiger partial charge on any atom is -0.266 e. The number of aromatic nitrogens is 3. The van der Waals surface area contributed by atoms with Crippen molar-refractivity contribution in [2.45, 2.75) is 31.1 Å². The van der Waals surface area contributed by atoms with Crippen molar-refractivity contribution >= 4 is 39.1 Å². The lowest BCUT2D eigenvalue weighted by atomic mass is 10.1. The van der Waals surface area contributed by atoms with Gasteiger partial charge in [0.2, 0.25) is 0 Å². The van der Waals surface area contributed by atoms with Crippen molar-refractivity contribution in [3.05, 3.63) is 68.5 Å². The number of rotatable bonds is 4. The molecule has 1 heterocycles. The molecule has 0 unspecified atom stereocenters. The first-order valence-electron chi connectivity index (χ1n) is 9.17. The largest absolute Gasteiger partial charge is 0.416 e. The summed E-state index contributed by atoms with van der Waals surface area (Å²) in [6, 6.07) is 2.62.